The van der Waals surface area contributed by atoms with Gasteiger partial charge < -0.3 is 4.74 Å². The van der Waals surface area contributed by atoms with E-state index in [1.165, 1.54) is 17.4 Å². The van der Waals surface area contributed by atoms with Crippen molar-refractivity contribution in [2.45, 2.75) is 0 Å². The Morgan fingerprint density at radius 1 is 0.488 bits per heavy atom. The first kappa shape index (κ1) is 27.3. The summed E-state index contributed by atoms with van der Waals surface area (Å²) < 4.78 is 5.80. The van der Waals surface area contributed by atoms with Gasteiger partial charge in [-0.1, -0.05) is 140 Å². The first-order chi connectivity index (χ1) is 21.2. The van der Waals surface area contributed by atoms with Crippen LogP contribution in [-0.4, -0.2) is 21.0 Å². The summed E-state index contributed by atoms with van der Waals surface area (Å²) in [5, 5.41) is 18.9. The number of hydrogen-bond acceptors (Lipinski definition) is 3. The van der Waals surface area contributed by atoms with Gasteiger partial charge in [0.1, 0.15) is 12.0 Å². The second-order valence-electron chi connectivity index (χ2n) is 10.0. The summed E-state index contributed by atoms with van der Waals surface area (Å²) in [6.07, 6.45) is 8.34. The quantitative estimate of drug-likeness (QED) is 0.0904. The molecule has 0 aliphatic heterocycles. The van der Waals surface area contributed by atoms with Gasteiger partial charge in [-0.2, -0.15) is 0 Å². The molecule has 0 amide bonds. The largest absolute Gasteiger partial charge is 0.464 e. The summed E-state index contributed by atoms with van der Waals surface area (Å²) >= 11 is 0. The smallest absolute Gasteiger partial charge is 0.321 e. The molecule has 43 heavy (non-hydrogen) atoms. The molecular formula is C39H30NO3+. The van der Waals surface area contributed by atoms with Crippen LogP contribution in [0.4, 0.5) is 0 Å². The lowest BCUT2D eigenvalue weighted by Gasteiger charge is -2.18. The molecule has 208 valence electrons. The van der Waals surface area contributed by atoms with Gasteiger partial charge in [-0.3, -0.25) is 0 Å². The van der Waals surface area contributed by atoms with Crippen LogP contribution < -0.4 is 4.74 Å². The zero-order valence-electron chi connectivity index (χ0n) is 23.4. The average Bonchev–Trinajstić information content (AvgIpc) is 3.08. The number of benzene rings is 5. The molecule has 6 rings (SSSR count). The Labute approximate surface area is 251 Å². The van der Waals surface area contributed by atoms with Crippen LogP contribution >= 0.6 is 0 Å². The van der Waals surface area contributed by atoms with E-state index < -0.39 is 0 Å². The van der Waals surface area contributed by atoms with Crippen molar-refractivity contribution in [3.8, 4) is 16.9 Å². The second kappa shape index (κ2) is 12.8. The van der Waals surface area contributed by atoms with Gasteiger partial charge >= 0.3 is 5.71 Å². The zero-order valence-corrected chi connectivity index (χ0v) is 23.4. The fraction of sp³-hybridized carbons (Fsp3) is 0. The molecule has 1 aliphatic carbocycles. The number of nitrogens with zero attached hydrogens (tertiary/aromatic N) is 1. The Balaban J connectivity index is 1.34. The van der Waals surface area contributed by atoms with Crippen LogP contribution in [0.1, 0.15) is 22.3 Å². The third-order valence-corrected chi connectivity index (χ3v) is 7.27. The van der Waals surface area contributed by atoms with E-state index in [2.05, 4.69) is 97.1 Å². The number of rotatable bonds is 7. The maximum atomic E-state index is 9.44. The molecule has 0 saturated heterocycles. The first-order valence-electron chi connectivity index (χ1n) is 14.1. The summed E-state index contributed by atoms with van der Waals surface area (Å²) in [5.41, 5.74) is 9.90. The average molecular weight is 561 g/mol. The molecule has 0 unspecified atom stereocenters. The molecule has 4 nitrogen and oxygen atoms in total. The minimum Gasteiger partial charge on any atom is -0.464 e. The summed E-state index contributed by atoms with van der Waals surface area (Å²) in [5.74, 6) is 0.641. The molecule has 0 spiro atoms. The molecule has 0 aromatic heterocycles. The van der Waals surface area contributed by atoms with E-state index in [9.17, 15) is 10.4 Å². The Kier molecular flexibility index (Phi) is 8.10. The minimum atomic E-state index is 0.0863. The Morgan fingerprint density at radius 2 is 0.907 bits per heavy atom. The van der Waals surface area contributed by atoms with Gasteiger partial charge in [0, 0.05) is 6.08 Å². The van der Waals surface area contributed by atoms with Crippen LogP contribution in [0.3, 0.4) is 0 Å². The highest BCUT2D eigenvalue weighted by Crippen LogP contribution is 2.37. The number of hydrogen-bond donors (Lipinski definition) is 2. The monoisotopic (exact) mass is 560 g/mol. The van der Waals surface area contributed by atoms with Gasteiger partial charge in [0.05, 0.1) is 5.57 Å². The van der Waals surface area contributed by atoms with Crippen LogP contribution in [-0.2, 0) is 0 Å². The van der Waals surface area contributed by atoms with Crippen LogP contribution in [0.15, 0.2) is 176 Å². The lowest BCUT2D eigenvalue weighted by Crippen LogP contribution is -2.15. The third kappa shape index (κ3) is 6.24. The van der Waals surface area contributed by atoms with Crippen LogP contribution in [0.2, 0.25) is 0 Å². The fourth-order valence-electron chi connectivity index (χ4n) is 5.18. The lowest BCUT2D eigenvalue weighted by atomic mass is 9.85. The number of allylic oxidation sites excluding steroid dienone is 5. The molecule has 0 heterocycles. The fourth-order valence-corrected chi connectivity index (χ4v) is 5.18. The van der Waals surface area contributed by atoms with Gasteiger partial charge in [0.2, 0.25) is 4.90 Å². The third-order valence-electron chi connectivity index (χ3n) is 7.27. The Bertz CT molecular complexity index is 1800. The second-order valence-corrected chi connectivity index (χ2v) is 10.0. The van der Waals surface area contributed by atoms with Gasteiger partial charge in [0.25, 0.3) is 0 Å². The predicted octanol–water partition coefficient (Wildman–Crippen LogP) is 8.98. The highest BCUT2D eigenvalue weighted by atomic mass is 16.8. The molecule has 0 saturated carbocycles. The van der Waals surface area contributed by atoms with E-state index >= 15 is 0 Å². The molecule has 5 aromatic carbocycles. The molecule has 0 fully saturated rings. The normalized spacial score (nSPS) is 13.1. The Morgan fingerprint density at radius 3 is 1.37 bits per heavy atom. The maximum absolute atomic E-state index is 9.44. The highest BCUT2D eigenvalue weighted by molar-refractivity contribution is 6.08. The van der Waals surface area contributed by atoms with Gasteiger partial charge in [-0.05, 0) is 62.7 Å². The van der Waals surface area contributed by atoms with Crippen LogP contribution in [0.25, 0.3) is 22.3 Å². The summed E-state index contributed by atoms with van der Waals surface area (Å²) in [4.78, 5) is 0.0863. The molecule has 0 radical (unpaired) electrons. The maximum Gasteiger partial charge on any atom is 0.321 e. The highest BCUT2D eigenvalue weighted by Gasteiger charge is 2.19. The molecule has 2 N–H and O–H groups in total. The van der Waals surface area contributed by atoms with Crippen molar-refractivity contribution in [3.05, 3.63) is 198 Å². The van der Waals surface area contributed by atoms with Crippen molar-refractivity contribution in [2.24, 2.45) is 0 Å². The predicted molar refractivity (Wildman–Crippen MR) is 172 cm³/mol. The van der Waals surface area contributed by atoms with E-state index in [1.807, 2.05) is 42.5 Å². The van der Waals surface area contributed by atoms with E-state index in [4.69, 9.17) is 4.74 Å². The van der Waals surface area contributed by atoms with E-state index in [0.717, 1.165) is 33.4 Å². The van der Waals surface area contributed by atoms with Gasteiger partial charge in [-0.25, -0.2) is 10.4 Å². The minimum absolute atomic E-state index is 0.0863. The van der Waals surface area contributed by atoms with E-state index in [0.29, 0.717) is 11.3 Å². The Hall–Kier alpha value is -5.87. The molecular weight excluding hydrogens is 530 g/mol. The van der Waals surface area contributed by atoms with E-state index in [-0.39, 0.29) is 10.6 Å². The number of ether oxygens (including phenoxy) is 1. The summed E-state index contributed by atoms with van der Waals surface area (Å²) in [6, 6.07) is 48.2. The molecule has 1 aliphatic rings. The summed E-state index contributed by atoms with van der Waals surface area (Å²) in [7, 11) is 0. The first-order valence-corrected chi connectivity index (χ1v) is 14.1. The standard InChI is InChI=1S/C39H30NO3/c41-40(42)37-19-11-10-18-35(37)28-43-36-26-24-30(25-27-36)29-20-22-34(23-21-29)39(33-16-8-3-9-17-33)38(31-12-4-1-5-13-31)32-14-6-2-7-15-32/h1-28,41-42H/q+1/b35-28-. The lowest BCUT2D eigenvalue weighted by molar-refractivity contribution is -0.954. The van der Waals surface area contributed by atoms with Crippen LogP contribution in [0, 0.1) is 0 Å². The van der Waals surface area contributed by atoms with Crippen molar-refractivity contribution in [2.75, 3.05) is 0 Å². The van der Waals surface area contributed by atoms with Crippen molar-refractivity contribution in [1.82, 2.24) is 0 Å². The topological polar surface area (TPSA) is 52.7 Å². The molecule has 0 atom stereocenters. The SMILES string of the molecule is O[N+](O)=C1C=CC=C/C1=C/Oc1ccc(-c2ccc(C(=C(c3ccccc3)c3ccccc3)c3ccccc3)cc2)cc1. The van der Waals surface area contributed by atoms with Gasteiger partial charge in [-0.15, -0.1) is 0 Å². The van der Waals surface area contributed by atoms with Gasteiger partial charge in [0.15, 0.2) is 0 Å². The summed E-state index contributed by atoms with van der Waals surface area (Å²) in [6.45, 7) is 0. The molecule has 0 bridgehead atoms. The van der Waals surface area contributed by atoms with Crippen molar-refractivity contribution in [1.29, 1.82) is 0 Å². The van der Waals surface area contributed by atoms with E-state index in [1.54, 1.807) is 24.3 Å². The van der Waals surface area contributed by atoms with Crippen molar-refractivity contribution in [3.63, 3.8) is 0 Å². The molecule has 4 heteroatoms. The van der Waals surface area contributed by atoms with Crippen molar-refractivity contribution >= 4 is 16.9 Å². The molecule has 5 aromatic rings. The van der Waals surface area contributed by atoms with Crippen LogP contribution in [0.5, 0.6) is 5.75 Å². The zero-order chi connectivity index (χ0) is 29.4. The van der Waals surface area contributed by atoms with Crippen molar-refractivity contribution < 1.29 is 20.1 Å².